The van der Waals surface area contributed by atoms with Gasteiger partial charge in [-0.15, -0.1) is 0 Å². The van der Waals surface area contributed by atoms with Gasteiger partial charge in [0.15, 0.2) is 0 Å². The Balaban J connectivity index is 2.27. The molecule has 3 heteroatoms. The van der Waals surface area contributed by atoms with Crippen molar-refractivity contribution in [3.8, 4) is 0 Å². The molecule has 18 heavy (non-hydrogen) atoms. The van der Waals surface area contributed by atoms with E-state index in [0.717, 1.165) is 31.2 Å². The summed E-state index contributed by atoms with van der Waals surface area (Å²) in [6.07, 6.45) is 4.22. The first-order chi connectivity index (χ1) is 8.59. The molecular formula is C15H22FNO. The van der Waals surface area contributed by atoms with Crippen molar-refractivity contribution in [2.75, 3.05) is 6.61 Å². The third-order valence-corrected chi connectivity index (χ3v) is 4.00. The average Bonchev–Trinajstić information content (AvgIpc) is 2.82. The summed E-state index contributed by atoms with van der Waals surface area (Å²) in [4.78, 5) is 0. The predicted octanol–water partition coefficient (Wildman–Crippen LogP) is 3.48. The number of rotatable bonds is 4. The Morgan fingerprint density at radius 1 is 1.39 bits per heavy atom. The Bertz CT molecular complexity index is 413. The summed E-state index contributed by atoms with van der Waals surface area (Å²) in [6.45, 7) is 4.41. The van der Waals surface area contributed by atoms with Gasteiger partial charge in [-0.3, -0.25) is 0 Å². The number of halogens is 1. The minimum absolute atomic E-state index is 0.187. The lowest BCUT2D eigenvalue weighted by molar-refractivity contribution is -0.0537. The van der Waals surface area contributed by atoms with Crippen LogP contribution in [-0.2, 0) is 4.74 Å². The van der Waals surface area contributed by atoms with Gasteiger partial charge in [0.05, 0.1) is 11.6 Å². The van der Waals surface area contributed by atoms with E-state index < -0.39 is 0 Å². The maximum Gasteiger partial charge on any atom is 0.126 e. The van der Waals surface area contributed by atoms with E-state index in [2.05, 4.69) is 0 Å². The van der Waals surface area contributed by atoms with Crippen LogP contribution in [0.1, 0.15) is 49.8 Å². The van der Waals surface area contributed by atoms with Gasteiger partial charge >= 0.3 is 0 Å². The zero-order chi connectivity index (χ0) is 13.2. The molecule has 1 unspecified atom stereocenters. The highest BCUT2D eigenvalue weighted by Crippen LogP contribution is 2.41. The number of hydrogen-bond donors (Lipinski definition) is 1. The average molecular weight is 251 g/mol. The van der Waals surface area contributed by atoms with Crippen molar-refractivity contribution < 1.29 is 9.13 Å². The summed E-state index contributed by atoms with van der Waals surface area (Å²) in [5.74, 6) is -0.187. The molecule has 1 aliphatic rings. The molecule has 2 nitrogen and oxygen atoms in total. The van der Waals surface area contributed by atoms with E-state index in [1.54, 1.807) is 19.1 Å². The second-order valence-electron chi connectivity index (χ2n) is 5.19. The molecule has 0 amide bonds. The van der Waals surface area contributed by atoms with Crippen molar-refractivity contribution in [2.45, 2.75) is 51.2 Å². The number of nitrogens with two attached hydrogens (primary N) is 1. The van der Waals surface area contributed by atoms with Crippen LogP contribution in [0.3, 0.4) is 0 Å². The predicted molar refractivity (Wildman–Crippen MR) is 70.9 cm³/mol. The van der Waals surface area contributed by atoms with Gasteiger partial charge in [0, 0.05) is 6.61 Å². The Labute approximate surface area is 108 Å². The van der Waals surface area contributed by atoms with Gasteiger partial charge in [0.2, 0.25) is 0 Å². The monoisotopic (exact) mass is 251 g/mol. The molecule has 2 rings (SSSR count). The summed E-state index contributed by atoms with van der Waals surface area (Å²) in [7, 11) is 0. The Morgan fingerprint density at radius 2 is 2.06 bits per heavy atom. The molecule has 0 bridgehead atoms. The lowest BCUT2D eigenvalue weighted by Gasteiger charge is -2.35. The first-order valence-electron chi connectivity index (χ1n) is 6.74. The maximum absolute atomic E-state index is 13.6. The van der Waals surface area contributed by atoms with E-state index in [1.807, 2.05) is 13.0 Å². The first kappa shape index (κ1) is 13.5. The zero-order valence-electron chi connectivity index (χ0n) is 11.2. The second kappa shape index (κ2) is 5.37. The zero-order valence-corrected chi connectivity index (χ0v) is 11.2. The number of hydrogen-bond acceptors (Lipinski definition) is 2. The standard InChI is InChI=1S/C15H22FNO/c1-3-18-15(8-4-5-9-15)14(17)12-7-6-11(2)13(16)10-12/h6-7,10,14H,3-5,8-9,17H2,1-2H3. The highest BCUT2D eigenvalue weighted by molar-refractivity contribution is 5.28. The van der Waals surface area contributed by atoms with Crippen molar-refractivity contribution in [1.82, 2.24) is 0 Å². The summed E-state index contributed by atoms with van der Waals surface area (Å²) >= 11 is 0. The van der Waals surface area contributed by atoms with Crippen LogP contribution in [0.2, 0.25) is 0 Å². The van der Waals surface area contributed by atoms with Crippen LogP contribution in [0.4, 0.5) is 4.39 Å². The van der Waals surface area contributed by atoms with Gasteiger partial charge in [-0.25, -0.2) is 4.39 Å². The quantitative estimate of drug-likeness (QED) is 0.889. The topological polar surface area (TPSA) is 35.2 Å². The van der Waals surface area contributed by atoms with E-state index in [1.165, 1.54) is 0 Å². The minimum Gasteiger partial charge on any atom is -0.373 e. The van der Waals surface area contributed by atoms with E-state index in [9.17, 15) is 4.39 Å². The van der Waals surface area contributed by atoms with Crippen LogP contribution in [-0.4, -0.2) is 12.2 Å². The Morgan fingerprint density at radius 3 is 2.61 bits per heavy atom. The summed E-state index contributed by atoms with van der Waals surface area (Å²) in [6, 6.07) is 5.02. The third-order valence-electron chi connectivity index (χ3n) is 4.00. The Hall–Kier alpha value is -0.930. The maximum atomic E-state index is 13.6. The van der Waals surface area contributed by atoms with Crippen LogP contribution in [0.5, 0.6) is 0 Å². The first-order valence-corrected chi connectivity index (χ1v) is 6.74. The van der Waals surface area contributed by atoms with Gasteiger partial charge < -0.3 is 10.5 Å². The second-order valence-corrected chi connectivity index (χ2v) is 5.19. The van der Waals surface area contributed by atoms with E-state index in [0.29, 0.717) is 12.2 Å². The lowest BCUT2D eigenvalue weighted by Crippen LogP contribution is -2.41. The fourth-order valence-electron chi connectivity index (χ4n) is 2.91. The molecule has 0 radical (unpaired) electrons. The summed E-state index contributed by atoms with van der Waals surface area (Å²) in [5.41, 5.74) is 7.55. The molecule has 0 spiro atoms. The molecule has 1 aromatic rings. The summed E-state index contributed by atoms with van der Waals surface area (Å²) < 4.78 is 19.6. The van der Waals surface area contributed by atoms with Crippen molar-refractivity contribution in [1.29, 1.82) is 0 Å². The third kappa shape index (κ3) is 2.43. The van der Waals surface area contributed by atoms with E-state index in [-0.39, 0.29) is 17.5 Å². The minimum atomic E-state index is -0.295. The van der Waals surface area contributed by atoms with Crippen LogP contribution in [0, 0.1) is 12.7 Å². The van der Waals surface area contributed by atoms with Crippen molar-refractivity contribution in [3.05, 3.63) is 35.1 Å². The normalized spacial score (nSPS) is 20.0. The van der Waals surface area contributed by atoms with Gasteiger partial charge in [0.1, 0.15) is 5.82 Å². The summed E-state index contributed by atoms with van der Waals surface area (Å²) in [5, 5.41) is 0. The van der Waals surface area contributed by atoms with Crippen molar-refractivity contribution >= 4 is 0 Å². The van der Waals surface area contributed by atoms with E-state index >= 15 is 0 Å². The number of benzene rings is 1. The molecular weight excluding hydrogens is 229 g/mol. The molecule has 0 heterocycles. The highest BCUT2D eigenvalue weighted by atomic mass is 19.1. The van der Waals surface area contributed by atoms with Gasteiger partial charge in [-0.1, -0.05) is 25.0 Å². The largest absolute Gasteiger partial charge is 0.373 e. The van der Waals surface area contributed by atoms with Gasteiger partial charge in [0.25, 0.3) is 0 Å². The molecule has 1 aromatic carbocycles. The van der Waals surface area contributed by atoms with Crippen molar-refractivity contribution in [2.24, 2.45) is 5.73 Å². The molecule has 1 saturated carbocycles. The van der Waals surface area contributed by atoms with Crippen LogP contribution >= 0.6 is 0 Å². The van der Waals surface area contributed by atoms with E-state index in [4.69, 9.17) is 10.5 Å². The van der Waals surface area contributed by atoms with Crippen molar-refractivity contribution in [3.63, 3.8) is 0 Å². The fourth-order valence-corrected chi connectivity index (χ4v) is 2.91. The van der Waals surface area contributed by atoms with Crippen LogP contribution in [0.15, 0.2) is 18.2 Å². The Kier molecular flexibility index (Phi) is 4.03. The fraction of sp³-hybridized carbons (Fsp3) is 0.600. The highest BCUT2D eigenvalue weighted by Gasteiger charge is 2.41. The van der Waals surface area contributed by atoms with Gasteiger partial charge in [-0.05, 0) is 43.9 Å². The smallest absolute Gasteiger partial charge is 0.126 e. The molecule has 1 aliphatic carbocycles. The number of ether oxygens (including phenoxy) is 1. The molecule has 0 saturated heterocycles. The molecule has 0 aliphatic heterocycles. The SMILES string of the molecule is CCOC1(C(N)c2ccc(C)c(F)c2)CCCC1. The van der Waals surface area contributed by atoms with Crippen LogP contribution in [0.25, 0.3) is 0 Å². The molecule has 100 valence electrons. The molecule has 0 aromatic heterocycles. The lowest BCUT2D eigenvalue weighted by atomic mass is 9.87. The van der Waals surface area contributed by atoms with Gasteiger partial charge in [-0.2, -0.15) is 0 Å². The molecule has 2 N–H and O–H groups in total. The number of aryl methyl sites for hydroxylation is 1. The van der Waals surface area contributed by atoms with Crippen LogP contribution < -0.4 is 5.73 Å². The molecule has 1 fully saturated rings. The molecule has 1 atom stereocenters.